The Balaban J connectivity index is 1.59. The number of carbonyl (C=O) groups is 13. The zero-order valence-corrected chi connectivity index (χ0v) is 60.2. The number of hydrogen-bond donors (Lipinski definition) is 3. The quantitative estimate of drug-likeness (QED) is 0.0437. The Morgan fingerprint density at radius 2 is 0.612 bits per heavy atom. The van der Waals surface area contributed by atoms with Gasteiger partial charge >= 0.3 is 59.7 Å². The molecule has 3 fully saturated rings. The molecule has 1 aromatic rings. The van der Waals surface area contributed by atoms with Crippen LogP contribution in [0.5, 0.6) is 17.2 Å². The summed E-state index contributed by atoms with van der Waals surface area (Å²) in [5, 5.41) is 7.82. The van der Waals surface area contributed by atoms with Crippen molar-refractivity contribution in [1.29, 1.82) is 0 Å². The lowest BCUT2D eigenvalue weighted by Crippen LogP contribution is -2.66. The molecule has 0 aromatic heterocycles. The average Bonchev–Trinajstić information content (AvgIpc) is 0.943. The second-order valence-electron chi connectivity index (χ2n) is 24.0. The van der Waals surface area contributed by atoms with Gasteiger partial charge < -0.3 is 120 Å². The molecule has 3 aliphatic rings. The third-order valence-electron chi connectivity index (χ3n) is 13.8. The minimum Gasteiger partial charge on any atom is -0.487 e. The fourth-order valence-electron chi connectivity index (χ4n) is 10.3. The van der Waals surface area contributed by atoms with E-state index in [1.54, 1.807) is 20.8 Å². The van der Waals surface area contributed by atoms with Crippen molar-refractivity contribution >= 4 is 77.4 Å². The summed E-state index contributed by atoms with van der Waals surface area (Å²) in [6, 6.07) is -1.11. The summed E-state index contributed by atoms with van der Waals surface area (Å²) in [6.45, 7) is 14.6. The van der Waals surface area contributed by atoms with E-state index in [1.165, 1.54) is 32.9 Å². The van der Waals surface area contributed by atoms with E-state index in [2.05, 4.69) is 16.0 Å². The lowest BCUT2D eigenvalue weighted by atomic mass is 9.96. The number of ether oxygens (including phenoxy) is 22. The molecule has 580 valence electrons. The third-order valence-corrected chi connectivity index (χ3v) is 13.8. The highest BCUT2D eigenvalue weighted by Gasteiger charge is 2.54. The normalized spacial score (nSPS) is 24.4. The van der Waals surface area contributed by atoms with E-state index in [-0.39, 0.29) is 102 Å². The van der Waals surface area contributed by atoms with Crippen LogP contribution in [-0.4, -0.2) is 274 Å². The molecule has 0 unspecified atom stereocenters. The molecule has 0 spiro atoms. The number of nitrogens with one attached hydrogen (secondary N) is 3. The minimum atomic E-state index is -1.40. The molecule has 3 heterocycles. The first kappa shape index (κ1) is 86.8. The number of hydrogen-bond acceptors (Lipinski definition) is 35. The van der Waals surface area contributed by atoms with Crippen LogP contribution in [0.4, 0.5) is 0 Å². The Bertz CT molecular complexity index is 2900. The van der Waals surface area contributed by atoms with Crippen molar-refractivity contribution in [2.24, 2.45) is 0 Å². The van der Waals surface area contributed by atoms with Gasteiger partial charge in [-0.25, -0.2) is 4.79 Å². The van der Waals surface area contributed by atoms with E-state index in [0.29, 0.717) is 0 Å². The molecule has 3 aliphatic heterocycles. The Kier molecular flexibility index (Phi) is 36.6. The van der Waals surface area contributed by atoms with E-state index in [0.717, 1.165) is 62.3 Å². The predicted octanol–water partition coefficient (Wildman–Crippen LogP) is -0.154. The number of benzene rings is 1. The zero-order valence-electron chi connectivity index (χ0n) is 60.2. The molecule has 3 amide bonds. The van der Waals surface area contributed by atoms with Gasteiger partial charge in [0.2, 0.25) is 23.5 Å². The van der Waals surface area contributed by atoms with Crippen LogP contribution in [-0.2, 0) is 148 Å². The Morgan fingerprint density at radius 1 is 0.350 bits per heavy atom. The summed E-state index contributed by atoms with van der Waals surface area (Å²) >= 11 is 0. The third kappa shape index (κ3) is 31.5. The molecule has 38 nitrogen and oxygen atoms in total. The second-order valence-corrected chi connectivity index (χ2v) is 24.0. The van der Waals surface area contributed by atoms with E-state index in [9.17, 15) is 62.3 Å². The van der Waals surface area contributed by atoms with Gasteiger partial charge in [0.15, 0.2) is 67.0 Å². The van der Waals surface area contributed by atoms with E-state index >= 15 is 0 Å². The lowest BCUT2D eigenvalue weighted by molar-refractivity contribution is -0.279. The SMILES string of the molecule is CC(=O)N[C@H]1[C@H](OCCOCCOc2cc(C(=O)OC(C)(C)C)cc(OCCOCCO[C@@H]3O[C@H](COC(C)=O)[C@H](OC(C)=O)[C@H](OC(C)=O)[C@H]3NC(C)=O)c2OCCOCCO[C@@H]2O[C@H](COC(C)=O)[C@H](OC(C)=O)[C@H](OC(C)=O)[C@H]2NC(C)=O)O[C@H](COC(C)=O)[C@H](OC(C)=O)[C@@H]1OC(C)=O. The van der Waals surface area contributed by atoms with Crippen LogP contribution in [0.25, 0.3) is 0 Å². The zero-order chi connectivity index (χ0) is 76.7. The smallest absolute Gasteiger partial charge is 0.338 e. The van der Waals surface area contributed by atoms with Gasteiger partial charge in [0.05, 0.1) is 65.0 Å². The molecule has 0 saturated carbocycles. The highest BCUT2D eigenvalue weighted by atomic mass is 16.7. The summed E-state index contributed by atoms with van der Waals surface area (Å²) in [5.41, 5.74) is -1.06. The minimum absolute atomic E-state index is 0.0653. The first-order chi connectivity index (χ1) is 48.5. The van der Waals surface area contributed by atoms with Gasteiger partial charge in [-0.1, -0.05) is 0 Å². The second kappa shape index (κ2) is 43.5. The maximum atomic E-state index is 13.8. The molecular formula is C65H95N3O35. The molecular weight excluding hydrogens is 1380 g/mol. The van der Waals surface area contributed by atoms with Crippen molar-refractivity contribution in [3.8, 4) is 17.2 Å². The van der Waals surface area contributed by atoms with E-state index in [1.807, 2.05) is 0 Å². The van der Waals surface area contributed by atoms with Gasteiger partial charge in [-0.05, 0) is 32.9 Å². The Hall–Kier alpha value is -8.63. The standard InChI is InChI=1S/C65H95N3O35/c1-33(69)66-51-58(97-42(10)78)55(94-39(7)75)48(30-91-36(4)72)100-62(51)88-25-19-82-16-22-85-46-28-45(61(81)103-65(13,14)15)29-47(86-23-17-83-20-26-89-63-52(67-34(2)70)59(98-43(11)79)56(95-40(8)76)49(101-63)31-92-37(5)73)54(46)87-24-18-84-21-27-90-64-53(68-35(3)71)60(99-44(12)80)57(96-41(9)77)50(102-64)32-93-38(6)74/h28-29,48-53,55-60,62-64H,16-27,30-32H2,1-15H3,(H,66,69)(H,67,70)(H,68,71)/t48-,49-,50-,51-,52-,53-,55+,56+,57+,58-,59-,60-,62-,63-,64-/m1/s1. The highest BCUT2D eigenvalue weighted by Crippen LogP contribution is 2.40. The lowest BCUT2D eigenvalue weighted by Gasteiger charge is -2.44. The molecule has 0 aliphatic carbocycles. The average molecular weight is 1480 g/mol. The van der Waals surface area contributed by atoms with Crippen LogP contribution in [0, 0.1) is 0 Å². The summed E-state index contributed by atoms with van der Waals surface area (Å²) < 4.78 is 127. The van der Waals surface area contributed by atoms with Crippen LogP contribution < -0.4 is 30.2 Å². The molecule has 1 aromatic carbocycles. The van der Waals surface area contributed by atoms with Crippen LogP contribution in [0.3, 0.4) is 0 Å². The van der Waals surface area contributed by atoms with Crippen LogP contribution in [0.1, 0.15) is 114 Å². The van der Waals surface area contributed by atoms with Gasteiger partial charge in [-0.2, -0.15) is 0 Å². The predicted molar refractivity (Wildman–Crippen MR) is 340 cm³/mol. The number of carbonyl (C=O) groups excluding carboxylic acids is 13. The van der Waals surface area contributed by atoms with Crippen molar-refractivity contribution in [1.82, 2.24) is 16.0 Å². The van der Waals surface area contributed by atoms with Crippen LogP contribution in [0.2, 0.25) is 0 Å². The monoisotopic (exact) mass is 1480 g/mol. The molecule has 38 heteroatoms. The maximum absolute atomic E-state index is 13.8. The first-order valence-corrected chi connectivity index (χ1v) is 32.6. The largest absolute Gasteiger partial charge is 0.487 e. The van der Waals surface area contributed by atoms with Crippen LogP contribution >= 0.6 is 0 Å². The first-order valence-electron chi connectivity index (χ1n) is 32.6. The van der Waals surface area contributed by atoms with Crippen molar-refractivity contribution in [3.63, 3.8) is 0 Å². The molecule has 103 heavy (non-hydrogen) atoms. The van der Waals surface area contributed by atoms with Gasteiger partial charge in [0.25, 0.3) is 0 Å². The number of esters is 10. The van der Waals surface area contributed by atoms with Crippen LogP contribution in [0.15, 0.2) is 12.1 Å². The molecule has 15 atom stereocenters. The summed E-state index contributed by atoms with van der Waals surface area (Å²) in [4.78, 5) is 161. The van der Waals surface area contributed by atoms with Crippen molar-refractivity contribution in [2.75, 3.05) is 99.1 Å². The fourth-order valence-corrected chi connectivity index (χ4v) is 10.3. The summed E-state index contributed by atoms with van der Waals surface area (Å²) in [6.07, 6.45) is -16.2. The molecule has 3 saturated heterocycles. The van der Waals surface area contributed by atoms with Crippen molar-refractivity contribution < 1.29 is 167 Å². The van der Waals surface area contributed by atoms with E-state index in [4.69, 9.17) is 104 Å². The van der Waals surface area contributed by atoms with Gasteiger partial charge in [-0.15, -0.1) is 0 Å². The van der Waals surface area contributed by atoms with Gasteiger partial charge in [0, 0.05) is 83.1 Å². The maximum Gasteiger partial charge on any atom is 0.338 e. The fraction of sp³-hybridized carbons (Fsp3) is 0.708. The topological polar surface area (TPSA) is 461 Å². The van der Waals surface area contributed by atoms with Gasteiger partial charge in [0.1, 0.15) is 81.7 Å². The van der Waals surface area contributed by atoms with Crippen molar-refractivity contribution in [2.45, 2.75) is 201 Å². The highest BCUT2D eigenvalue weighted by molar-refractivity contribution is 5.91. The molecule has 0 radical (unpaired) electrons. The Labute approximate surface area is 593 Å². The number of rotatable bonds is 40. The summed E-state index contributed by atoms with van der Waals surface area (Å²) in [5.74, 6) is -9.77. The molecule has 0 bridgehead atoms. The van der Waals surface area contributed by atoms with E-state index < -0.39 is 195 Å². The Morgan fingerprint density at radius 3 is 0.864 bits per heavy atom. The molecule has 3 N–H and O–H groups in total. The van der Waals surface area contributed by atoms with Gasteiger partial charge in [-0.3, -0.25) is 57.5 Å². The number of amides is 3. The summed E-state index contributed by atoms with van der Waals surface area (Å²) in [7, 11) is 0. The van der Waals surface area contributed by atoms with Crippen molar-refractivity contribution in [3.05, 3.63) is 17.7 Å². The molecule has 4 rings (SSSR count).